The smallest absolute Gasteiger partial charge is 0.338 e. The third-order valence-electron chi connectivity index (χ3n) is 8.15. The van der Waals surface area contributed by atoms with Crippen LogP contribution in [0, 0.1) is 17.4 Å². The van der Waals surface area contributed by atoms with Gasteiger partial charge in [0.2, 0.25) is 0 Å². The Kier molecular flexibility index (Phi) is 15.1. The molecule has 2 heterocycles. The first kappa shape index (κ1) is 35.2. The standard InChI is InChI=1S/C16H18N4O3.C16H36N/c1-5-10-6-11(14(21)22)12(18-7-10)13-19-16(4,9(2)3)15(23)20(13)8-17;1-5-9-13-17(14-10-6-2,15-11-7-3)16-12-8-4/h6-7,9H,5H2,1-4H3,(H,21,22);5-16H2,1-4H3/q;+1. The van der Waals surface area contributed by atoms with E-state index in [4.69, 9.17) is 0 Å². The lowest BCUT2D eigenvalue weighted by molar-refractivity contribution is -0.929. The SMILES string of the molecule is CCCC[N+](CCCC)(CCCC)CCCC.CCc1cnc(C2=NC(C)(C(C)C)C(=O)N2C#N)c(C(=O)O)c1. The van der Waals surface area contributed by atoms with E-state index >= 15 is 0 Å². The first-order valence-electron chi connectivity index (χ1n) is 15.4. The highest BCUT2D eigenvalue weighted by molar-refractivity contribution is 6.18. The Morgan fingerprint density at radius 3 is 1.82 bits per heavy atom. The van der Waals surface area contributed by atoms with E-state index < -0.39 is 17.4 Å². The molecule has 1 N–H and O–H groups in total. The van der Waals surface area contributed by atoms with Crippen LogP contribution < -0.4 is 0 Å². The Hall–Kier alpha value is -2.79. The van der Waals surface area contributed by atoms with Crippen molar-refractivity contribution < 1.29 is 19.2 Å². The van der Waals surface area contributed by atoms with Gasteiger partial charge >= 0.3 is 5.97 Å². The van der Waals surface area contributed by atoms with Crippen LogP contribution in [0.25, 0.3) is 0 Å². The molecule has 1 atom stereocenters. The Balaban J connectivity index is 0.000000421. The summed E-state index contributed by atoms with van der Waals surface area (Å²) in [6.07, 6.45) is 15.0. The maximum atomic E-state index is 12.5. The molecular formula is C32H54N5O3+. The minimum absolute atomic E-state index is 0.00578. The van der Waals surface area contributed by atoms with E-state index in [0.29, 0.717) is 6.42 Å². The van der Waals surface area contributed by atoms with Crippen molar-refractivity contribution >= 4 is 17.7 Å². The third kappa shape index (κ3) is 9.12. The number of rotatable bonds is 16. The van der Waals surface area contributed by atoms with Gasteiger partial charge in [0.05, 0.1) is 31.7 Å². The van der Waals surface area contributed by atoms with Gasteiger partial charge in [0, 0.05) is 6.20 Å². The Bertz CT molecular complexity index is 992. The molecule has 8 nitrogen and oxygen atoms in total. The number of amides is 1. The number of nitriles is 1. The molecule has 1 aliphatic rings. The van der Waals surface area contributed by atoms with Crippen molar-refractivity contribution in [3.63, 3.8) is 0 Å². The Morgan fingerprint density at radius 1 is 1.00 bits per heavy atom. The Labute approximate surface area is 243 Å². The molecule has 224 valence electrons. The molecule has 0 aromatic carbocycles. The van der Waals surface area contributed by atoms with Gasteiger partial charge in [0.15, 0.2) is 12.0 Å². The van der Waals surface area contributed by atoms with E-state index in [-0.39, 0.29) is 23.0 Å². The highest BCUT2D eigenvalue weighted by Crippen LogP contribution is 2.32. The summed E-state index contributed by atoms with van der Waals surface area (Å²) in [5, 5.41) is 18.7. The van der Waals surface area contributed by atoms with E-state index in [1.54, 1.807) is 13.1 Å². The summed E-state index contributed by atoms with van der Waals surface area (Å²) in [6, 6.07) is 1.50. The molecule has 0 saturated carbocycles. The molecule has 2 rings (SSSR count). The van der Waals surface area contributed by atoms with Crippen LogP contribution in [0.2, 0.25) is 0 Å². The maximum absolute atomic E-state index is 12.5. The van der Waals surface area contributed by atoms with Crippen LogP contribution >= 0.6 is 0 Å². The lowest BCUT2D eigenvalue weighted by Gasteiger charge is -2.39. The average Bonchev–Trinajstić information content (AvgIpc) is 3.22. The van der Waals surface area contributed by atoms with Crippen LogP contribution in [0.3, 0.4) is 0 Å². The van der Waals surface area contributed by atoms with Gasteiger partial charge in [-0.2, -0.15) is 10.2 Å². The average molecular weight is 557 g/mol. The number of carboxylic acid groups (broad SMARTS) is 1. The van der Waals surface area contributed by atoms with Crippen LogP contribution in [-0.4, -0.2) is 68.9 Å². The van der Waals surface area contributed by atoms with E-state index in [2.05, 4.69) is 37.7 Å². The number of carboxylic acids is 1. The number of carbonyl (C=O) groups excluding carboxylic acids is 1. The van der Waals surface area contributed by atoms with Crippen molar-refractivity contribution in [2.45, 2.75) is 119 Å². The largest absolute Gasteiger partial charge is 0.478 e. The predicted molar refractivity (Wildman–Crippen MR) is 162 cm³/mol. The summed E-state index contributed by atoms with van der Waals surface area (Å²) >= 11 is 0. The summed E-state index contributed by atoms with van der Waals surface area (Å²) in [4.78, 5) is 33.4. The van der Waals surface area contributed by atoms with Crippen molar-refractivity contribution in [1.82, 2.24) is 9.88 Å². The summed E-state index contributed by atoms with van der Waals surface area (Å²) in [5.41, 5.74) is -0.379. The molecule has 1 aromatic rings. The molecule has 0 fully saturated rings. The molecule has 0 spiro atoms. The molecule has 1 aliphatic heterocycles. The summed E-state index contributed by atoms with van der Waals surface area (Å²) in [7, 11) is 0. The maximum Gasteiger partial charge on any atom is 0.338 e. The molecule has 1 aromatic heterocycles. The number of aromatic nitrogens is 1. The monoisotopic (exact) mass is 556 g/mol. The topological polar surface area (TPSA) is 107 Å². The normalized spacial score (nSPS) is 16.9. The van der Waals surface area contributed by atoms with Crippen LogP contribution in [0.5, 0.6) is 0 Å². The molecular weight excluding hydrogens is 502 g/mol. The quantitative estimate of drug-likeness (QED) is 0.177. The lowest BCUT2D eigenvalue weighted by Crippen LogP contribution is -2.50. The molecule has 1 unspecified atom stereocenters. The zero-order chi connectivity index (χ0) is 30.3. The number of pyridine rings is 1. The molecule has 0 aliphatic carbocycles. The molecule has 8 heteroatoms. The summed E-state index contributed by atoms with van der Waals surface area (Å²) < 4.78 is 1.42. The van der Waals surface area contributed by atoms with Gasteiger partial charge in [0.1, 0.15) is 11.2 Å². The molecule has 0 radical (unpaired) electrons. The summed E-state index contributed by atoms with van der Waals surface area (Å²) in [6.45, 7) is 22.2. The molecule has 0 bridgehead atoms. The van der Waals surface area contributed by atoms with Crippen molar-refractivity contribution in [3.8, 4) is 6.19 Å². The second-order valence-corrected chi connectivity index (χ2v) is 11.5. The molecule has 0 saturated heterocycles. The zero-order valence-electron chi connectivity index (χ0n) is 26.4. The van der Waals surface area contributed by atoms with E-state index in [1.165, 1.54) is 94.3 Å². The van der Waals surface area contributed by atoms with Crippen LogP contribution in [0.1, 0.15) is 128 Å². The number of hydrogen-bond acceptors (Lipinski definition) is 5. The fourth-order valence-corrected chi connectivity index (χ4v) is 4.96. The zero-order valence-corrected chi connectivity index (χ0v) is 26.4. The van der Waals surface area contributed by atoms with Crippen molar-refractivity contribution in [3.05, 3.63) is 29.1 Å². The first-order chi connectivity index (χ1) is 19.0. The van der Waals surface area contributed by atoms with Crippen molar-refractivity contribution in [2.75, 3.05) is 26.2 Å². The minimum atomic E-state index is -1.17. The number of aryl methyl sites for hydroxylation is 1. The van der Waals surface area contributed by atoms with Gasteiger partial charge in [-0.05, 0) is 56.6 Å². The summed E-state index contributed by atoms with van der Waals surface area (Å²) in [5.74, 6) is -1.79. The van der Waals surface area contributed by atoms with E-state index in [0.717, 1.165) is 10.5 Å². The second kappa shape index (κ2) is 17.1. The number of hydrogen-bond donors (Lipinski definition) is 1. The first-order valence-corrected chi connectivity index (χ1v) is 15.4. The van der Waals surface area contributed by atoms with Gasteiger partial charge in [-0.1, -0.05) is 74.1 Å². The fourth-order valence-electron chi connectivity index (χ4n) is 4.96. The number of nitrogens with zero attached hydrogens (tertiary/aromatic N) is 5. The van der Waals surface area contributed by atoms with Crippen molar-refractivity contribution in [2.24, 2.45) is 10.9 Å². The lowest BCUT2D eigenvalue weighted by atomic mass is 9.89. The molecule has 1 amide bonds. The Morgan fingerprint density at radius 2 is 1.48 bits per heavy atom. The van der Waals surface area contributed by atoms with Gasteiger partial charge in [0.25, 0.3) is 5.91 Å². The van der Waals surface area contributed by atoms with Crippen molar-refractivity contribution in [1.29, 1.82) is 5.26 Å². The van der Waals surface area contributed by atoms with Gasteiger partial charge in [-0.3, -0.25) is 9.78 Å². The highest BCUT2D eigenvalue weighted by Gasteiger charge is 2.48. The van der Waals surface area contributed by atoms with Gasteiger partial charge < -0.3 is 9.59 Å². The van der Waals surface area contributed by atoms with Gasteiger partial charge in [-0.25, -0.2) is 9.79 Å². The van der Waals surface area contributed by atoms with Crippen LogP contribution in [0.4, 0.5) is 0 Å². The number of quaternary nitrogens is 1. The van der Waals surface area contributed by atoms with Crippen LogP contribution in [0.15, 0.2) is 17.3 Å². The third-order valence-corrected chi connectivity index (χ3v) is 8.15. The highest BCUT2D eigenvalue weighted by atomic mass is 16.4. The molecule has 40 heavy (non-hydrogen) atoms. The number of aromatic carboxylic acids is 1. The number of amidine groups is 1. The fraction of sp³-hybridized carbons (Fsp3) is 0.719. The number of aliphatic imine (C=N–C) groups is 1. The van der Waals surface area contributed by atoms with Gasteiger partial charge in [-0.15, -0.1) is 0 Å². The number of unbranched alkanes of at least 4 members (excludes halogenated alkanes) is 4. The predicted octanol–water partition coefficient (Wildman–Crippen LogP) is 6.83. The second-order valence-electron chi connectivity index (χ2n) is 11.5. The van der Waals surface area contributed by atoms with Crippen LogP contribution in [-0.2, 0) is 11.2 Å². The van der Waals surface area contributed by atoms with E-state index in [9.17, 15) is 20.0 Å². The minimum Gasteiger partial charge on any atom is -0.478 e. The number of carbonyl (C=O) groups is 2. The van der Waals surface area contributed by atoms with E-state index in [1.807, 2.05) is 20.8 Å².